The summed E-state index contributed by atoms with van der Waals surface area (Å²) >= 11 is 0. The number of rotatable bonds is 7. The molecular weight excluding hydrogens is 339 g/mol. The van der Waals surface area contributed by atoms with Gasteiger partial charge in [-0.05, 0) is 37.6 Å². The van der Waals surface area contributed by atoms with Crippen LogP contribution in [0.15, 0.2) is 18.2 Å². The summed E-state index contributed by atoms with van der Waals surface area (Å²) in [5.41, 5.74) is 2.76. The number of halogens is 1. The van der Waals surface area contributed by atoms with Gasteiger partial charge in [-0.25, -0.2) is 9.18 Å². The number of H-pyrrole nitrogens is 1. The zero-order valence-corrected chi connectivity index (χ0v) is 15.7. The summed E-state index contributed by atoms with van der Waals surface area (Å²) in [5.74, 6) is -0.824. The van der Waals surface area contributed by atoms with Gasteiger partial charge in [-0.1, -0.05) is 0 Å². The topological polar surface area (TPSA) is 72.8 Å². The van der Waals surface area contributed by atoms with Crippen molar-refractivity contribution in [3.8, 4) is 5.75 Å². The number of Topliss-reactive ketones (excluding diaryl/α,β-unsaturated/α-hetero) is 1. The van der Waals surface area contributed by atoms with E-state index in [0.717, 1.165) is 10.5 Å². The largest absolute Gasteiger partial charge is 0.494 e. The third kappa shape index (κ3) is 4.11. The number of ketones is 1. The Labute approximate surface area is 151 Å². The molecule has 1 atom stereocenters. The normalized spacial score (nSPS) is 11.9. The maximum absolute atomic E-state index is 13.8. The molecule has 0 fully saturated rings. The Morgan fingerprint density at radius 1 is 1.23 bits per heavy atom. The highest BCUT2D eigenvalue weighted by molar-refractivity contribution is 6.01. The summed E-state index contributed by atoms with van der Waals surface area (Å²) in [7, 11) is 4.57. The molecule has 0 aliphatic heterocycles. The number of aromatic nitrogens is 1. The van der Waals surface area contributed by atoms with Crippen LogP contribution in [0, 0.1) is 19.7 Å². The average molecular weight is 363 g/mol. The van der Waals surface area contributed by atoms with Gasteiger partial charge in [0, 0.05) is 11.3 Å². The first-order chi connectivity index (χ1) is 12.3. The van der Waals surface area contributed by atoms with E-state index in [2.05, 4.69) is 4.98 Å². The van der Waals surface area contributed by atoms with Crippen LogP contribution in [0.4, 0.5) is 4.39 Å². The van der Waals surface area contributed by atoms with E-state index < -0.39 is 11.8 Å². The van der Waals surface area contributed by atoms with Gasteiger partial charge >= 0.3 is 5.97 Å². The van der Waals surface area contributed by atoms with E-state index in [9.17, 15) is 14.0 Å². The summed E-state index contributed by atoms with van der Waals surface area (Å²) in [5, 5.41) is 0. The molecule has 0 bridgehead atoms. The van der Waals surface area contributed by atoms with Gasteiger partial charge < -0.3 is 19.4 Å². The number of benzene rings is 1. The number of quaternary nitrogens is 1. The van der Waals surface area contributed by atoms with E-state index >= 15 is 0 Å². The zero-order chi connectivity index (χ0) is 19.4. The monoisotopic (exact) mass is 363 g/mol. The van der Waals surface area contributed by atoms with Crippen LogP contribution < -0.4 is 9.64 Å². The van der Waals surface area contributed by atoms with Gasteiger partial charge in [0.15, 0.2) is 11.6 Å². The van der Waals surface area contributed by atoms with E-state index in [1.54, 1.807) is 26.0 Å². The molecule has 0 amide bonds. The lowest BCUT2D eigenvalue weighted by molar-refractivity contribution is -0.884. The third-order valence-corrected chi connectivity index (χ3v) is 4.29. The number of aryl methyl sites for hydroxylation is 1. The van der Waals surface area contributed by atoms with Crippen LogP contribution in [0.3, 0.4) is 0 Å². The Kier molecular flexibility index (Phi) is 6.15. The van der Waals surface area contributed by atoms with Crippen molar-refractivity contribution in [2.24, 2.45) is 0 Å². The van der Waals surface area contributed by atoms with Crippen LogP contribution in [0.25, 0.3) is 0 Å². The van der Waals surface area contributed by atoms with Gasteiger partial charge in [0.2, 0.25) is 5.78 Å². The highest BCUT2D eigenvalue weighted by Gasteiger charge is 2.24. The molecular formula is C19H24FN2O4+. The van der Waals surface area contributed by atoms with Gasteiger partial charge in [0.1, 0.15) is 13.1 Å². The first-order valence-electron chi connectivity index (χ1n) is 8.22. The summed E-state index contributed by atoms with van der Waals surface area (Å²) in [6.07, 6.45) is 0. The van der Waals surface area contributed by atoms with Crippen molar-refractivity contribution in [3.05, 3.63) is 52.1 Å². The van der Waals surface area contributed by atoms with Gasteiger partial charge in [-0.15, -0.1) is 0 Å². The number of hydrogen-bond acceptors (Lipinski definition) is 4. The van der Waals surface area contributed by atoms with Gasteiger partial charge in [-0.3, -0.25) is 4.79 Å². The third-order valence-electron chi connectivity index (χ3n) is 4.29. The predicted octanol–water partition coefficient (Wildman–Crippen LogP) is 1.46. The first kappa shape index (κ1) is 19.7. The number of hydrogen-bond donors (Lipinski definition) is 2. The van der Waals surface area contributed by atoms with Gasteiger partial charge in [0.25, 0.3) is 0 Å². The minimum Gasteiger partial charge on any atom is -0.494 e. The fourth-order valence-corrected chi connectivity index (χ4v) is 3.03. The van der Waals surface area contributed by atoms with Crippen LogP contribution in [0.5, 0.6) is 5.75 Å². The molecule has 0 radical (unpaired) electrons. The molecule has 26 heavy (non-hydrogen) atoms. The van der Waals surface area contributed by atoms with Gasteiger partial charge in [0.05, 0.1) is 32.5 Å². The molecule has 140 valence electrons. The second kappa shape index (κ2) is 8.14. The Hall–Kier alpha value is -2.67. The van der Waals surface area contributed by atoms with Crippen molar-refractivity contribution in [2.75, 3.05) is 27.8 Å². The van der Waals surface area contributed by atoms with Crippen LogP contribution in [-0.4, -0.2) is 44.5 Å². The van der Waals surface area contributed by atoms with Crippen molar-refractivity contribution in [1.82, 2.24) is 4.98 Å². The van der Waals surface area contributed by atoms with E-state index in [4.69, 9.17) is 9.47 Å². The first-order valence-corrected chi connectivity index (χ1v) is 8.22. The lowest BCUT2D eigenvalue weighted by Gasteiger charge is -2.14. The molecule has 0 spiro atoms. The van der Waals surface area contributed by atoms with Crippen molar-refractivity contribution in [3.63, 3.8) is 0 Å². The van der Waals surface area contributed by atoms with E-state index in [1.165, 1.54) is 20.3 Å². The van der Waals surface area contributed by atoms with Crippen molar-refractivity contribution < 1.29 is 28.4 Å². The second-order valence-corrected chi connectivity index (χ2v) is 6.32. The second-order valence-electron chi connectivity index (χ2n) is 6.32. The number of carbonyl (C=O) groups is 2. The molecule has 1 aromatic carbocycles. The molecule has 0 aliphatic rings. The highest BCUT2D eigenvalue weighted by atomic mass is 19.1. The lowest BCUT2D eigenvalue weighted by atomic mass is 10.1. The summed E-state index contributed by atoms with van der Waals surface area (Å²) < 4.78 is 23.5. The maximum atomic E-state index is 13.8. The molecule has 1 unspecified atom stereocenters. The number of likely N-dealkylation sites (N-methyl/N-ethyl adjacent to an activating group) is 1. The van der Waals surface area contributed by atoms with E-state index in [-0.39, 0.29) is 18.1 Å². The maximum Gasteiger partial charge on any atom is 0.339 e. The molecule has 1 aromatic heterocycles. The molecule has 0 aliphatic carbocycles. The summed E-state index contributed by atoms with van der Waals surface area (Å²) in [6.45, 7) is 4.13. The molecule has 1 heterocycles. The van der Waals surface area contributed by atoms with Crippen molar-refractivity contribution >= 4 is 11.8 Å². The predicted molar refractivity (Wildman–Crippen MR) is 94.3 cm³/mol. The number of esters is 1. The lowest BCUT2D eigenvalue weighted by Crippen LogP contribution is -3.08. The average Bonchev–Trinajstić information content (AvgIpc) is 2.89. The molecule has 7 heteroatoms. The SMILES string of the molecule is COC(=O)c1c(C)[nH]c(C(=O)C[NH+](C)Cc2ccc(OC)c(F)c2)c1C. The highest BCUT2D eigenvalue weighted by Crippen LogP contribution is 2.19. The zero-order valence-electron chi connectivity index (χ0n) is 15.7. The Morgan fingerprint density at radius 3 is 2.50 bits per heavy atom. The molecule has 2 aromatic rings. The smallest absolute Gasteiger partial charge is 0.339 e. The molecule has 2 rings (SSSR count). The molecule has 6 nitrogen and oxygen atoms in total. The molecule has 0 saturated heterocycles. The Bertz CT molecular complexity index is 829. The number of nitrogens with one attached hydrogen (secondary N) is 2. The number of methoxy groups -OCH3 is 2. The number of aromatic amines is 1. The van der Waals surface area contributed by atoms with Crippen molar-refractivity contribution in [1.29, 1.82) is 0 Å². The van der Waals surface area contributed by atoms with Crippen LogP contribution in [-0.2, 0) is 11.3 Å². The minimum absolute atomic E-state index is 0.118. The van der Waals surface area contributed by atoms with Crippen LogP contribution in [0.2, 0.25) is 0 Å². The standard InChI is InChI=1S/C19H23FN2O4/c1-11-17(19(24)26-5)12(2)21-18(11)15(23)10-22(3)9-13-6-7-16(25-4)14(20)8-13/h6-8,21H,9-10H2,1-5H3/p+1. The number of ether oxygens (including phenoxy) is 2. The fraction of sp³-hybridized carbons (Fsp3) is 0.368. The van der Waals surface area contributed by atoms with E-state index in [1.807, 2.05) is 7.05 Å². The molecule has 2 N–H and O–H groups in total. The minimum atomic E-state index is -0.468. The fourth-order valence-electron chi connectivity index (χ4n) is 3.03. The van der Waals surface area contributed by atoms with Crippen molar-refractivity contribution in [2.45, 2.75) is 20.4 Å². The summed E-state index contributed by atoms with van der Waals surface area (Å²) in [4.78, 5) is 28.3. The summed E-state index contributed by atoms with van der Waals surface area (Å²) in [6, 6.07) is 4.75. The number of carbonyl (C=O) groups excluding carboxylic acids is 2. The Morgan fingerprint density at radius 2 is 1.92 bits per heavy atom. The van der Waals surface area contributed by atoms with Gasteiger partial charge in [-0.2, -0.15) is 0 Å². The quantitative estimate of drug-likeness (QED) is 0.577. The Balaban J connectivity index is 2.10. The van der Waals surface area contributed by atoms with Crippen LogP contribution >= 0.6 is 0 Å². The van der Waals surface area contributed by atoms with E-state index in [0.29, 0.717) is 29.1 Å². The van der Waals surface area contributed by atoms with Crippen LogP contribution in [0.1, 0.15) is 37.7 Å². The molecule has 0 saturated carbocycles.